The largest absolute Gasteiger partial charge is 0.573 e. The van der Waals surface area contributed by atoms with Gasteiger partial charge in [-0.15, -0.1) is 24.5 Å². The minimum Gasteiger partial charge on any atom is -0.465 e. The molecule has 0 saturated carbocycles. The lowest BCUT2D eigenvalue weighted by atomic mass is 9.92. The third kappa shape index (κ3) is 5.91. The molecule has 11 heteroatoms. The maximum Gasteiger partial charge on any atom is 0.573 e. The van der Waals surface area contributed by atoms with Crippen molar-refractivity contribution >= 4 is 29.2 Å². The van der Waals surface area contributed by atoms with Crippen molar-refractivity contribution in [2.24, 2.45) is 0 Å². The SMILES string of the molecule is Cc1cccc(C(=O)N2CCC(c3nc(NC(=O)O)cs3)CC2)c1-c1ccc(OC(F)(F)F)cc1. The van der Waals surface area contributed by atoms with Crippen molar-refractivity contribution in [3.05, 3.63) is 64.0 Å². The van der Waals surface area contributed by atoms with Gasteiger partial charge in [-0.3, -0.25) is 10.1 Å². The second-order valence-corrected chi connectivity index (χ2v) is 9.03. The summed E-state index contributed by atoms with van der Waals surface area (Å²) in [7, 11) is 0. The Bertz CT molecular complexity index is 1220. The molecule has 3 aromatic rings. The number of nitrogens with zero attached hydrogens (tertiary/aromatic N) is 2. The molecule has 2 N–H and O–H groups in total. The third-order valence-corrected chi connectivity index (χ3v) is 6.78. The number of nitrogens with one attached hydrogen (secondary N) is 1. The standard InChI is InChI=1S/C24H22F3N3O4S/c1-14-3-2-4-18(20(14)15-5-7-17(8-6-15)34-24(25,26)27)22(31)30-11-9-16(10-12-30)21-28-19(13-35-21)29-23(32)33/h2-8,13,16,29H,9-12H2,1H3,(H,32,33). The Morgan fingerprint density at radius 2 is 1.83 bits per heavy atom. The van der Waals surface area contributed by atoms with Gasteiger partial charge in [0, 0.05) is 30.0 Å². The molecule has 1 aliphatic rings. The van der Waals surface area contributed by atoms with Crippen LogP contribution in [0.3, 0.4) is 0 Å². The highest BCUT2D eigenvalue weighted by Crippen LogP contribution is 2.34. The van der Waals surface area contributed by atoms with Gasteiger partial charge in [-0.05, 0) is 54.7 Å². The summed E-state index contributed by atoms with van der Waals surface area (Å²) in [4.78, 5) is 30.3. The Morgan fingerprint density at radius 3 is 2.46 bits per heavy atom. The smallest absolute Gasteiger partial charge is 0.465 e. The summed E-state index contributed by atoms with van der Waals surface area (Å²) in [5, 5.41) is 13.6. The molecule has 1 saturated heterocycles. The summed E-state index contributed by atoms with van der Waals surface area (Å²) in [5.41, 5.74) is 2.60. The summed E-state index contributed by atoms with van der Waals surface area (Å²) in [6.07, 6.45) is -4.56. The Balaban J connectivity index is 1.48. The molecule has 2 aromatic carbocycles. The maximum absolute atomic E-state index is 13.4. The molecule has 184 valence electrons. The van der Waals surface area contributed by atoms with Crippen LogP contribution in [0.1, 0.15) is 39.7 Å². The first-order valence-corrected chi connectivity index (χ1v) is 11.7. The van der Waals surface area contributed by atoms with Gasteiger partial charge >= 0.3 is 12.5 Å². The Labute approximate surface area is 203 Å². The van der Waals surface area contributed by atoms with Crippen LogP contribution in [-0.4, -0.2) is 46.4 Å². The van der Waals surface area contributed by atoms with E-state index in [9.17, 15) is 22.8 Å². The van der Waals surface area contributed by atoms with Gasteiger partial charge in [-0.2, -0.15) is 0 Å². The minimum absolute atomic E-state index is 0.131. The Kier molecular flexibility index (Phi) is 6.97. The van der Waals surface area contributed by atoms with Gasteiger partial charge in [0.25, 0.3) is 5.91 Å². The lowest BCUT2D eigenvalue weighted by molar-refractivity contribution is -0.274. The van der Waals surface area contributed by atoms with E-state index >= 15 is 0 Å². The number of benzene rings is 2. The molecule has 1 fully saturated rings. The molecule has 0 bridgehead atoms. The fourth-order valence-electron chi connectivity index (χ4n) is 4.19. The van der Waals surface area contributed by atoms with Crippen molar-refractivity contribution in [3.8, 4) is 16.9 Å². The quantitative estimate of drug-likeness (QED) is 0.436. The molecule has 0 spiro atoms. The highest BCUT2D eigenvalue weighted by atomic mass is 32.1. The van der Waals surface area contributed by atoms with Crippen molar-refractivity contribution in [3.63, 3.8) is 0 Å². The predicted octanol–water partition coefficient (Wildman–Crippen LogP) is 6.13. The van der Waals surface area contributed by atoms with Crippen LogP contribution in [0, 0.1) is 6.92 Å². The molecule has 0 atom stereocenters. The number of anilines is 1. The van der Waals surface area contributed by atoms with Gasteiger partial charge < -0.3 is 14.7 Å². The van der Waals surface area contributed by atoms with Crippen LogP contribution in [-0.2, 0) is 0 Å². The molecule has 1 aliphatic heterocycles. The molecular formula is C24H22F3N3O4S. The zero-order valence-electron chi connectivity index (χ0n) is 18.6. The van der Waals surface area contributed by atoms with Crippen LogP contribution in [0.5, 0.6) is 5.75 Å². The van der Waals surface area contributed by atoms with E-state index in [-0.39, 0.29) is 17.6 Å². The molecule has 4 rings (SSSR count). The van der Waals surface area contributed by atoms with Gasteiger partial charge in [-0.25, -0.2) is 9.78 Å². The number of piperidine rings is 1. The number of thiazole rings is 1. The van der Waals surface area contributed by atoms with E-state index in [4.69, 9.17) is 5.11 Å². The molecular weight excluding hydrogens is 483 g/mol. The van der Waals surface area contributed by atoms with Gasteiger partial charge in [-0.1, -0.05) is 24.3 Å². The molecule has 0 aliphatic carbocycles. The van der Waals surface area contributed by atoms with Crippen molar-refractivity contribution in [1.29, 1.82) is 0 Å². The Hall–Kier alpha value is -3.60. The highest BCUT2D eigenvalue weighted by molar-refractivity contribution is 7.10. The number of carboxylic acid groups (broad SMARTS) is 1. The predicted molar refractivity (Wildman–Crippen MR) is 125 cm³/mol. The van der Waals surface area contributed by atoms with E-state index in [1.165, 1.54) is 35.6 Å². The molecule has 2 heterocycles. The first kappa shape index (κ1) is 24.5. The second-order valence-electron chi connectivity index (χ2n) is 8.14. The van der Waals surface area contributed by atoms with Crippen LogP contribution < -0.4 is 10.1 Å². The van der Waals surface area contributed by atoms with Gasteiger partial charge in [0.15, 0.2) is 0 Å². The first-order valence-electron chi connectivity index (χ1n) is 10.8. The number of ether oxygens (including phenoxy) is 1. The molecule has 7 nitrogen and oxygen atoms in total. The molecule has 1 aromatic heterocycles. The van der Waals surface area contributed by atoms with Gasteiger partial charge in [0.1, 0.15) is 11.6 Å². The molecule has 0 unspecified atom stereocenters. The number of hydrogen-bond acceptors (Lipinski definition) is 5. The van der Waals surface area contributed by atoms with Crippen molar-refractivity contribution in [1.82, 2.24) is 9.88 Å². The lowest BCUT2D eigenvalue weighted by Gasteiger charge is -2.32. The number of aryl methyl sites for hydroxylation is 1. The fourth-order valence-corrected chi connectivity index (χ4v) is 5.12. The first-order chi connectivity index (χ1) is 16.6. The molecule has 35 heavy (non-hydrogen) atoms. The minimum atomic E-state index is -4.77. The summed E-state index contributed by atoms with van der Waals surface area (Å²) in [6.45, 7) is 2.87. The zero-order valence-corrected chi connectivity index (χ0v) is 19.4. The average molecular weight is 506 g/mol. The number of rotatable bonds is 5. The topological polar surface area (TPSA) is 91.8 Å². The molecule has 2 amide bonds. The number of hydrogen-bond donors (Lipinski definition) is 2. The number of halogens is 3. The number of alkyl halides is 3. The monoisotopic (exact) mass is 505 g/mol. The van der Waals surface area contributed by atoms with E-state index in [0.717, 1.165) is 10.6 Å². The number of likely N-dealkylation sites (tertiary alicyclic amines) is 1. The van der Waals surface area contributed by atoms with Crippen molar-refractivity contribution in [2.45, 2.75) is 32.0 Å². The zero-order chi connectivity index (χ0) is 25.2. The highest BCUT2D eigenvalue weighted by Gasteiger charge is 2.31. The summed E-state index contributed by atoms with van der Waals surface area (Å²) < 4.78 is 41.4. The maximum atomic E-state index is 13.4. The average Bonchev–Trinajstić information content (AvgIpc) is 3.26. The summed E-state index contributed by atoms with van der Waals surface area (Å²) >= 11 is 1.39. The second kappa shape index (κ2) is 9.95. The van der Waals surface area contributed by atoms with Gasteiger partial charge in [0.05, 0.1) is 5.01 Å². The summed E-state index contributed by atoms with van der Waals surface area (Å²) in [6, 6.07) is 10.8. The lowest BCUT2D eigenvalue weighted by Crippen LogP contribution is -2.38. The van der Waals surface area contributed by atoms with Crippen LogP contribution >= 0.6 is 11.3 Å². The number of amides is 2. The van der Waals surface area contributed by atoms with E-state index < -0.39 is 12.5 Å². The van der Waals surface area contributed by atoms with E-state index in [2.05, 4.69) is 15.0 Å². The van der Waals surface area contributed by atoms with Crippen molar-refractivity contribution in [2.75, 3.05) is 18.4 Å². The van der Waals surface area contributed by atoms with E-state index in [1.54, 1.807) is 22.4 Å². The number of carbonyl (C=O) groups is 2. The number of aromatic nitrogens is 1. The van der Waals surface area contributed by atoms with E-state index in [1.807, 2.05) is 13.0 Å². The van der Waals surface area contributed by atoms with E-state index in [0.29, 0.717) is 48.4 Å². The normalized spacial score (nSPS) is 14.6. The molecule has 0 radical (unpaired) electrons. The fraction of sp³-hybridized carbons (Fsp3) is 0.292. The summed E-state index contributed by atoms with van der Waals surface area (Å²) in [5.74, 6) is -0.0440. The Morgan fingerprint density at radius 1 is 1.14 bits per heavy atom. The van der Waals surface area contributed by atoms with Crippen LogP contribution in [0.2, 0.25) is 0 Å². The van der Waals surface area contributed by atoms with Crippen LogP contribution in [0.15, 0.2) is 47.8 Å². The van der Waals surface area contributed by atoms with Crippen LogP contribution in [0.4, 0.5) is 23.8 Å². The van der Waals surface area contributed by atoms with Crippen molar-refractivity contribution < 1.29 is 32.6 Å². The third-order valence-electron chi connectivity index (χ3n) is 5.77. The van der Waals surface area contributed by atoms with Crippen LogP contribution in [0.25, 0.3) is 11.1 Å². The van der Waals surface area contributed by atoms with Gasteiger partial charge in [0.2, 0.25) is 0 Å². The number of carbonyl (C=O) groups excluding carboxylic acids is 1.